The second-order valence-electron chi connectivity index (χ2n) is 7.27. The Balaban J connectivity index is 1.53. The van der Waals surface area contributed by atoms with Gasteiger partial charge in [0.05, 0.1) is 4.90 Å². The van der Waals surface area contributed by atoms with Crippen LogP contribution in [0.5, 0.6) is 5.75 Å². The number of nitrogens with zero attached hydrogens (tertiary/aromatic N) is 2. The van der Waals surface area contributed by atoms with E-state index in [1.807, 2.05) is 11.8 Å². The number of ether oxygens (including phenoxy) is 1. The summed E-state index contributed by atoms with van der Waals surface area (Å²) in [5, 5.41) is 10.3. The molecule has 0 radical (unpaired) electrons. The highest BCUT2D eigenvalue weighted by Gasteiger charge is 2.27. The molecular formula is C21H27FN2O4S. The summed E-state index contributed by atoms with van der Waals surface area (Å²) < 4.78 is 46.2. The molecule has 1 saturated heterocycles. The van der Waals surface area contributed by atoms with Crippen molar-refractivity contribution in [3.63, 3.8) is 0 Å². The van der Waals surface area contributed by atoms with E-state index in [-0.39, 0.29) is 12.4 Å². The smallest absolute Gasteiger partial charge is 0.243 e. The van der Waals surface area contributed by atoms with Crippen LogP contribution >= 0.6 is 0 Å². The molecule has 1 aliphatic rings. The zero-order valence-electron chi connectivity index (χ0n) is 16.5. The largest absolute Gasteiger partial charge is 0.488 e. The van der Waals surface area contributed by atoms with Crippen molar-refractivity contribution in [2.75, 3.05) is 39.3 Å². The van der Waals surface area contributed by atoms with E-state index in [0.717, 1.165) is 5.56 Å². The van der Waals surface area contributed by atoms with Gasteiger partial charge in [0.15, 0.2) is 11.6 Å². The molecule has 0 aromatic heterocycles. The normalized spacial score (nSPS) is 17.6. The standard InChI is InChI=1S/C21H27FN2O4S/c1-17-7-9-19(10-8-17)29(26,27)24-12-4-11-23(13-14-24)15-18(25)16-28-21-6-3-2-5-20(21)22/h2-3,5-10,18,25H,4,11-16H2,1H3/t18-/m0/s1. The summed E-state index contributed by atoms with van der Waals surface area (Å²) in [4.78, 5) is 2.31. The van der Waals surface area contributed by atoms with Crippen molar-refractivity contribution in [1.82, 2.24) is 9.21 Å². The fraction of sp³-hybridized carbons (Fsp3) is 0.429. The van der Waals surface area contributed by atoms with Gasteiger partial charge in [-0.3, -0.25) is 4.90 Å². The van der Waals surface area contributed by atoms with Crippen molar-refractivity contribution < 1.29 is 22.7 Å². The number of halogens is 1. The zero-order chi connectivity index (χ0) is 20.9. The summed E-state index contributed by atoms with van der Waals surface area (Å²) in [6.07, 6.45) is -0.124. The van der Waals surface area contributed by atoms with Crippen molar-refractivity contribution in [2.24, 2.45) is 0 Å². The minimum Gasteiger partial charge on any atom is -0.488 e. The highest BCUT2D eigenvalue weighted by atomic mass is 32.2. The van der Waals surface area contributed by atoms with Crippen molar-refractivity contribution in [3.8, 4) is 5.75 Å². The molecule has 1 atom stereocenters. The van der Waals surface area contributed by atoms with Gasteiger partial charge in [0, 0.05) is 26.2 Å². The van der Waals surface area contributed by atoms with Gasteiger partial charge in [0.2, 0.25) is 10.0 Å². The van der Waals surface area contributed by atoms with Crippen molar-refractivity contribution >= 4 is 10.0 Å². The Morgan fingerprint density at radius 1 is 1.07 bits per heavy atom. The predicted molar refractivity (Wildman–Crippen MR) is 109 cm³/mol. The molecule has 0 aliphatic carbocycles. The molecule has 0 saturated carbocycles. The maximum Gasteiger partial charge on any atom is 0.243 e. The van der Waals surface area contributed by atoms with Crippen LogP contribution in [0.2, 0.25) is 0 Å². The first-order chi connectivity index (χ1) is 13.9. The lowest BCUT2D eigenvalue weighted by Gasteiger charge is -2.24. The molecule has 2 aromatic rings. The van der Waals surface area contributed by atoms with Crippen LogP contribution < -0.4 is 4.74 Å². The van der Waals surface area contributed by atoms with Crippen LogP contribution in [0.4, 0.5) is 4.39 Å². The monoisotopic (exact) mass is 422 g/mol. The molecule has 1 aliphatic heterocycles. The van der Waals surface area contributed by atoms with Crippen LogP contribution in [0.1, 0.15) is 12.0 Å². The minimum absolute atomic E-state index is 0.0250. The molecule has 1 heterocycles. The first-order valence-corrected chi connectivity index (χ1v) is 11.1. The topological polar surface area (TPSA) is 70.1 Å². The summed E-state index contributed by atoms with van der Waals surface area (Å²) in [7, 11) is -3.53. The third kappa shape index (κ3) is 5.76. The van der Waals surface area contributed by atoms with Gasteiger partial charge in [0.25, 0.3) is 0 Å². The van der Waals surface area contributed by atoms with Crippen molar-refractivity contribution in [3.05, 3.63) is 59.9 Å². The van der Waals surface area contributed by atoms with Gasteiger partial charge in [-0.2, -0.15) is 4.31 Å². The maximum absolute atomic E-state index is 13.6. The molecule has 0 amide bonds. The van der Waals surface area contributed by atoms with E-state index in [4.69, 9.17) is 4.74 Å². The molecular weight excluding hydrogens is 395 g/mol. The van der Waals surface area contributed by atoms with E-state index in [2.05, 4.69) is 0 Å². The average Bonchev–Trinajstić information content (AvgIpc) is 2.94. The van der Waals surface area contributed by atoms with Crippen molar-refractivity contribution in [2.45, 2.75) is 24.3 Å². The van der Waals surface area contributed by atoms with E-state index in [1.54, 1.807) is 36.4 Å². The number of aryl methyl sites for hydroxylation is 1. The van der Waals surface area contributed by atoms with Crippen LogP contribution in [0.25, 0.3) is 0 Å². The van der Waals surface area contributed by atoms with E-state index >= 15 is 0 Å². The molecule has 0 spiro atoms. The van der Waals surface area contributed by atoms with E-state index < -0.39 is 21.9 Å². The Morgan fingerprint density at radius 2 is 1.79 bits per heavy atom. The predicted octanol–water partition coefficient (Wildman–Crippen LogP) is 2.27. The fourth-order valence-electron chi connectivity index (χ4n) is 3.33. The second kappa shape index (κ2) is 9.67. The van der Waals surface area contributed by atoms with Crippen LogP contribution in [0, 0.1) is 12.7 Å². The van der Waals surface area contributed by atoms with Crippen LogP contribution in [-0.4, -0.2) is 68.2 Å². The quantitative estimate of drug-likeness (QED) is 0.741. The SMILES string of the molecule is Cc1ccc(S(=O)(=O)N2CCCN(C[C@H](O)COc3ccccc3F)CC2)cc1. The molecule has 8 heteroatoms. The highest BCUT2D eigenvalue weighted by molar-refractivity contribution is 7.89. The molecule has 1 N–H and O–H groups in total. The molecule has 2 aromatic carbocycles. The van der Waals surface area contributed by atoms with Crippen LogP contribution in [0.3, 0.4) is 0 Å². The van der Waals surface area contributed by atoms with Crippen LogP contribution in [-0.2, 0) is 10.0 Å². The average molecular weight is 423 g/mol. The van der Waals surface area contributed by atoms with Crippen molar-refractivity contribution in [1.29, 1.82) is 0 Å². The van der Waals surface area contributed by atoms with E-state index in [1.165, 1.54) is 16.4 Å². The maximum atomic E-state index is 13.6. The summed E-state index contributed by atoms with van der Waals surface area (Å²) in [6.45, 7) is 4.22. The number of hydrogen-bond donors (Lipinski definition) is 1. The van der Waals surface area contributed by atoms with Gasteiger partial charge in [-0.1, -0.05) is 29.8 Å². The molecule has 6 nitrogen and oxygen atoms in total. The van der Waals surface area contributed by atoms with E-state index in [0.29, 0.717) is 44.0 Å². The van der Waals surface area contributed by atoms with Gasteiger partial charge in [-0.05, 0) is 44.2 Å². The third-order valence-corrected chi connectivity index (χ3v) is 6.86. The van der Waals surface area contributed by atoms with Gasteiger partial charge in [-0.25, -0.2) is 12.8 Å². The molecule has 0 unspecified atom stereocenters. The zero-order valence-corrected chi connectivity index (χ0v) is 17.3. The number of sulfonamides is 1. The first-order valence-electron chi connectivity index (χ1n) is 9.71. The molecule has 3 rings (SSSR count). The number of benzene rings is 2. The third-order valence-electron chi connectivity index (χ3n) is 4.94. The lowest BCUT2D eigenvalue weighted by molar-refractivity contribution is 0.0685. The minimum atomic E-state index is -3.53. The Labute approximate surface area is 171 Å². The summed E-state index contributed by atoms with van der Waals surface area (Å²) in [5.74, 6) is -0.357. The summed E-state index contributed by atoms with van der Waals surface area (Å²) in [6, 6.07) is 12.9. The van der Waals surface area contributed by atoms with Gasteiger partial charge in [-0.15, -0.1) is 0 Å². The van der Waals surface area contributed by atoms with Gasteiger partial charge >= 0.3 is 0 Å². The Hall–Kier alpha value is -2.00. The number of aliphatic hydroxyl groups is 1. The molecule has 29 heavy (non-hydrogen) atoms. The van der Waals surface area contributed by atoms with Gasteiger partial charge < -0.3 is 9.84 Å². The number of para-hydroxylation sites is 1. The summed E-state index contributed by atoms with van der Waals surface area (Å²) >= 11 is 0. The Bertz CT molecular complexity index is 905. The number of β-amino-alcohol motifs (C(OH)–C–C–N with tert-alkyl or cyclic N) is 1. The lowest BCUT2D eigenvalue weighted by atomic mass is 10.2. The summed E-state index contributed by atoms with van der Waals surface area (Å²) in [5.41, 5.74) is 1.01. The Kier molecular flexibility index (Phi) is 7.23. The lowest BCUT2D eigenvalue weighted by Crippen LogP contribution is -2.39. The molecule has 158 valence electrons. The van der Waals surface area contributed by atoms with Gasteiger partial charge in [0.1, 0.15) is 12.7 Å². The Morgan fingerprint density at radius 3 is 2.52 bits per heavy atom. The van der Waals surface area contributed by atoms with E-state index in [9.17, 15) is 17.9 Å². The fourth-order valence-corrected chi connectivity index (χ4v) is 4.80. The first kappa shape index (κ1) is 21.7. The number of aliphatic hydroxyl groups excluding tert-OH is 1. The second-order valence-corrected chi connectivity index (χ2v) is 9.20. The molecule has 1 fully saturated rings. The molecule has 0 bridgehead atoms. The highest BCUT2D eigenvalue weighted by Crippen LogP contribution is 2.19. The number of hydrogen-bond acceptors (Lipinski definition) is 5. The van der Waals surface area contributed by atoms with Crippen LogP contribution in [0.15, 0.2) is 53.4 Å². The number of rotatable bonds is 7.